The highest BCUT2D eigenvalue weighted by atomic mass is 16.6. The van der Waals surface area contributed by atoms with Crippen LogP contribution in [-0.2, 0) is 16.1 Å². The maximum Gasteiger partial charge on any atom is 0.410 e. The predicted octanol–water partition coefficient (Wildman–Crippen LogP) is 1.58. The quantitative estimate of drug-likeness (QED) is 0.836. The van der Waals surface area contributed by atoms with Crippen molar-refractivity contribution in [3.63, 3.8) is 0 Å². The highest BCUT2D eigenvalue weighted by molar-refractivity contribution is 5.76. The molecule has 1 saturated heterocycles. The Balaban J connectivity index is 1.90. The van der Waals surface area contributed by atoms with Gasteiger partial charge in [-0.3, -0.25) is 9.69 Å². The van der Waals surface area contributed by atoms with Gasteiger partial charge in [-0.25, -0.2) is 4.79 Å². The molecule has 0 saturated carbocycles. The highest BCUT2D eigenvalue weighted by Gasteiger charge is 2.34. The van der Waals surface area contributed by atoms with E-state index in [1.807, 2.05) is 30.3 Å². The molecule has 1 atom stereocenters. The molecule has 0 radical (unpaired) electrons. The predicted molar refractivity (Wildman–Crippen MR) is 81.4 cm³/mol. The van der Waals surface area contributed by atoms with Crippen LogP contribution in [0.1, 0.15) is 5.56 Å². The molecule has 22 heavy (non-hydrogen) atoms. The third-order valence-corrected chi connectivity index (χ3v) is 3.60. The van der Waals surface area contributed by atoms with Gasteiger partial charge in [0.25, 0.3) is 0 Å². The Morgan fingerprint density at radius 1 is 1.32 bits per heavy atom. The minimum atomic E-state index is -0.942. The monoisotopic (exact) mass is 304 g/mol. The summed E-state index contributed by atoms with van der Waals surface area (Å²) in [4.78, 5) is 26.6. The fraction of sp³-hybridized carbons (Fsp3) is 0.375. The average molecular weight is 304 g/mol. The number of carbonyl (C=O) groups is 2. The molecular weight excluding hydrogens is 284 g/mol. The summed E-state index contributed by atoms with van der Waals surface area (Å²) in [5, 5.41) is 9.29. The summed E-state index contributed by atoms with van der Waals surface area (Å²) in [6.45, 7) is 5.36. The second-order valence-corrected chi connectivity index (χ2v) is 5.12. The number of carboxylic acid groups (broad SMARTS) is 1. The summed E-state index contributed by atoms with van der Waals surface area (Å²) < 4.78 is 5.25. The Hall–Kier alpha value is -2.34. The second-order valence-electron chi connectivity index (χ2n) is 5.12. The van der Waals surface area contributed by atoms with Gasteiger partial charge < -0.3 is 14.7 Å². The summed E-state index contributed by atoms with van der Waals surface area (Å²) in [5.74, 6) is -0.942. The van der Waals surface area contributed by atoms with Crippen LogP contribution < -0.4 is 0 Å². The topological polar surface area (TPSA) is 70.1 Å². The van der Waals surface area contributed by atoms with E-state index in [1.165, 1.54) is 4.90 Å². The third kappa shape index (κ3) is 4.08. The number of aliphatic carboxylic acids is 1. The summed E-state index contributed by atoms with van der Waals surface area (Å²) in [6.07, 6.45) is 1.19. The van der Waals surface area contributed by atoms with E-state index in [-0.39, 0.29) is 13.2 Å². The molecule has 0 aromatic heterocycles. The average Bonchev–Trinajstić information content (AvgIpc) is 2.54. The van der Waals surface area contributed by atoms with Gasteiger partial charge in [0.2, 0.25) is 0 Å². The van der Waals surface area contributed by atoms with Crippen LogP contribution in [-0.4, -0.2) is 59.2 Å². The number of nitrogens with zero attached hydrogens (tertiary/aromatic N) is 2. The third-order valence-electron chi connectivity index (χ3n) is 3.60. The van der Waals surface area contributed by atoms with Crippen molar-refractivity contribution in [1.82, 2.24) is 9.80 Å². The van der Waals surface area contributed by atoms with Crippen molar-refractivity contribution >= 4 is 12.1 Å². The van der Waals surface area contributed by atoms with E-state index < -0.39 is 18.1 Å². The molecule has 1 aromatic carbocycles. The molecule has 118 valence electrons. The van der Waals surface area contributed by atoms with Gasteiger partial charge in [-0.05, 0) is 5.56 Å². The van der Waals surface area contributed by atoms with Crippen LogP contribution in [0.2, 0.25) is 0 Å². The van der Waals surface area contributed by atoms with Crippen molar-refractivity contribution < 1.29 is 19.4 Å². The van der Waals surface area contributed by atoms with Crippen molar-refractivity contribution in [2.75, 3.05) is 26.2 Å². The molecule has 1 amide bonds. The molecule has 0 spiro atoms. The van der Waals surface area contributed by atoms with Crippen molar-refractivity contribution in [1.29, 1.82) is 0 Å². The number of piperazine rings is 1. The SMILES string of the molecule is C=CCN1CCN(C(=O)OCc2ccccc2)CC1C(=O)O. The van der Waals surface area contributed by atoms with Crippen LogP contribution in [0, 0.1) is 0 Å². The van der Waals surface area contributed by atoms with E-state index in [2.05, 4.69) is 6.58 Å². The molecule has 1 fully saturated rings. The van der Waals surface area contributed by atoms with Gasteiger partial charge >= 0.3 is 12.1 Å². The molecular formula is C16H20N2O4. The lowest BCUT2D eigenvalue weighted by molar-refractivity contribution is -0.145. The lowest BCUT2D eigenvalue weighted by atomic mass is 10.1. The number of rotatable bonds is 5. The Labute approximate surface area is 129 Å². The largest absolute Gasteiger partial charge is 0.480 e. The van der Waals surface area contributed by atoms with Crippen LogP contribution in [0.3, 0.4) is 0 Å². The number of carboxylic acids is 1. The van der Waals surface area contributed by atoms with E-state index in [4.69, 9.17) is 4.74 Å². The summed E-state index contributed by atoms with van der Waals surface area (Å²) in [7, 11) is 0. The van der Waals surface area contributed by atoms with E-state index >= 15 is 0 Å². The number of carbonyl (C=O) groups excluding carboxylic acids is 1. The highest BCUT2D eigenvalue weighted by Crippen LogP contribution is 2.12. The molecule has 1 aliphatic heterocycles. The van der Waals surface area contributed by atoms with Gasteiger partial charge in [-0.1, -0.05) is 36.4 Å². The van der Waals surface area contributed by atoms with Gasteiger partial charge in [0.05, 0.1) is 6.54 Å². The first-order chi connectivity index (χ1) is 10.6. The molecule has 6 nitrogen and oxygen atoms in total. The maximum absolute atomic E-state index is 12.1. The van der Waals surface area contributed by atoms with E-state index in [0.29, 0.717) is 19.6 Å². The van der Waals surface area contributed by atoms with Crippen LogP contribution >= 0.6 is 0 Å². The van der Waals surface area contributed by atoms with Crippen LogP contribution in [0.5, 0.6) is 0 Å². The van der Waals surface area contributed by atoms with Gasteiger partial charge in [0.15, 0.2) is 0 Å². The number of hydrogen-bond donors (Lipinski definition) is 1. The Kier molecular flexibility index (Phi) is 5.55. The maximum atomic E-state index is 12.1. The minimum Gasteiger partial charge on any atom is -0.480 e. The number of amides is 1. The first-order valence-electron chi connectivity index (χ1n) is 7.15. The van der Waals surface area contributed by atoms with Gasteiger partial charge in [0, 0.05) is 19.6 Å². The van der Waals surface area contributed by atoms with Crippen molar-refractivity contribution in [2.24, 2.45) is 0 Å². The van der Waals surface area contributed by atoms with Crippen LogP contribution in [0.25, 0.3) is 0 Å². The lowest BCUT2D eigenvalue weighted by Gasteiger charge is -2.38. The Morgan fingerprint density at radius 3 is 2.68 bits per heavy atom. The summed E-state index contributed by atoms with van der Waals surface area (Å²) >= 11 is 0. The van der Waals surface area contributed by atoms with Gasteiger partial charge in [0.1, 0.15) is 12.6 Å². The second kappa shape index (κ2) is 7.61. The zero-order chi connectivity index (χ0) is 15.9. The molecule has 0 bridgehead atoms. The number of ether oxygens (including phenoxy) is 1. The Bertz CT molecular complexity index is 532. The molecule has 1 unspecified atom stereocenters. The van der Waals surface area contributed by atoms with Crippen molar-refractivity contribution in [2.45, 2.75) is 12.6 Å². The molecule has 6 heteroatoms. The Morgan fingerprint density at radius 2 is 2.05 bits per heavy atom. The molecule has 1 aromatic rings. The van der Waals surface area contributed by atoms with Crippen molar-refractivity contribution in [3.05, 3.63) is 48.6 Å². The first kappa shape index (κ1) is 16.0. The van der Waals surface area contributed by atoms with E-state index in [0.717, 1.165) is 5.56 Å². The number of hydrogen-bond acceptors (Lipinski definition) is 4. The summed E-state index contributed by atoms with van der Waals surface area (Å²) in [5.41, 5.74) is 0.899. The first-order valence-corrected chi connectivity index (χ1v) is 7.15. The van der Waals surface area contributed by atoms with Crippen molar-refractivity contribution in [3.8, 4) is 0 Å². The van der Waals surface area contributed by atoms with Gasteiger partial charge in [-0.2, -0.15) is 0 Å². The molecule has 0 aliphatic carbocycles. The smallest absolute Gasteiger partial charge is 0.410 e. The van der Waals surface area contributed by atoms with E-state index in [9.17, 15) is 14.7 Å². The normalized spacial score (nSPS) is 18.7. The van der Waals surface area contributed by atoms with Crippen LogP contribution in [0.4, 0.5) is 4.79 Å². The lowest BCUT2D eigenvalue weighted by Crippen LogP contribution is -2.57. The van der Waals surface area contributed by atoms with E-state index in [1.54, 1.807) is 11.0 Å². The minimum absolute atomic E-state index is 0.122. The van der Waals surface area contributed by atoms with Crippen LogP contribution in [0.15, 0.2) is 43.0 Å². The fourth-order valence-electron chi connectivity index (χ4n) is 2.42. The molecule has 1 aliphatic rings. The standard InChI is InChI=1S/C16H20N2O4/c1-2-8-17-9-10-18(11-14(17)15(19)20)16(21)22-12-13-6-4-3-5-7-13/h2-7,14H,1,8-12H2,(H,19,20). The number of benzene rings is 1. The zero-order valence-corrected chi connectivity index (χ0v) is 12.4. The zero-order valence-electron chi connectivity index (χ0n) is 12.4. The molecule has 1 N–H and O–H groups in total. The molecule has 2 rings (SSSR count). The molecule has 1 heterocycles. The van der Waals surface area contributed by atoms with Gasteiger partial charge in [-0.15, -0.1) is 6.58 Å². The summed E-state index contributed by atoms with van der Waals surface area (Å²) in [6, 6.07) is 8.65. The fourth-order valence-corrected chi connectivity index (χ4v) is 2.42.